The number of hydrogen-bond donors (Lipinski definition) is 3. The zero-order valence-electron chi connectivity index (χ0n) is 18.8. The molecule has 1 saturated carbocycles. The summed E-state index contributed by atoms with van der Waals surface area (Å²) in [6.07, 6.45) is 6.44. The molecule has 2 aliphatic heterocycles. The van der Waals surface area contributed by atoms with E-state index in [9.17, 15) is 9.59 Å². The van der Waals surface area contributed by atoms with Gasteiger partial charge in [-0.05, 0) is 48.6 Å². The Labute approximate surface area is 202 Å². The second-order valence-electron chi connectivity index (χ2n) is 9.41. The fourth-order valence-electron chi connectivity index (χ4n) is 5.60. The second kappa shape index (κ2) is 8.24. The highest BCUT2D eigenvalue weighted by Gasteiger charge is 2.43. The lowest BCUT2D eigenvalue weighted by Gasteiger charge is -2.42. The summed E-state index contributed by atoms with van der Waals surface area (Å²) in [5.74, 6) is 0.930. The third-order valence-corrected chi connectivity index (χ3v) is 7.51. The molecule has 3 amide bonds. The Morgan fingerprint density at radius 1 is 1.15 bits per heavy atom. The summed E-state index contributed by atoms with van der Waals surface area (Å²) in [6, 6.07) is 9.42. The Hall–Kier alpha value is -3.19. The van der Waals surface area contributed by atoms with Crippen LogP contribution in [0.4, 0.5) is 10.5 Å². The van der Waals surface area contributed by atoms with Crippen LogP contribution < -0.4 is 20.7 Å². The molecule has 0 unspecified atom stereocenters. The van der Waals surface area contributed by atoms with E-state index in [0.717, 1.165) is 73.8 Å². The highest BCUT2D eigenvalue weighted by molar-refractivity contribution is 6.35. The van der Waals surface area contributed by atoms with Gasteiger partial charge >= 0.3 is 6.03 Å². The normalized spacial score (nSPS) is 18.1. The van der Waals surface area contributed by atoms with Gasteiger partial charge in [0, 0.05) is 23.9 Å². The van der Waals surface area contributed by atoms with Crippen LogP contribution >= 0.6 is 11.6 Å². The van der Waals surface area contributed by atoms with E-state index in [2.05, 4.69) is 22.0 Å². The van der Waals surface area contributed by atoms with Gasteiger partial charge in [-0.2, -0.15) is 0 Å². The summed E-state index contributed by atoms with van der Waals surface area (Å²) < 4.78 is 11.7. The fraction of sp³-hybridized carbons (Fsp3) is 0.385. The predicted molar refractivity (Wildman–Crippen MR) is 130 cm³/mol. The van der Waals surface area contributed by atoms with Gasteiger partial charge in [-0.1, -0.05) is 43.0 Å². The van der Waals surface area contributed by atoms with Crippen LogP contribution in [0, 0.1) is 0 Å². The molecule has 3 aromatic rings. The summed E-state index contributed by atoms with van der Waals surface area (Å²) >= 11 is 6.58. The standard InChI is InChI=1S/C26H26ClN3O4/c27-18-13-17-14-20(24(31)28-10-6-15-4-5-19-16(12-15)7-11-33-19)34-23(17)21-22(18)29-25(32)30-26(21)8-2-1-3-9-26/h4-5,12-14H,1-3,6-11H2,(H,28,31)(H2,29,30,32). The molecule has 1 aromatic heterocycles. The molecule has 2 aromatic carbocycles. The number of carbonyl (C=O) groups excluding carboxylic acids is 2. The number of fused-ring (bicyclic) bond motifs is 5. The molecule has 1 fully saturated rings. The van der Waals surface area contributed by atoms with Crippen LogP contribution in [-0.2, 0) is 18.4 Å². The molecule has 7 nitrogen and oxygen atoms in total. The molecule has 1 aliphatic carbocycles. The van der Waals surface area contributed by atoms with E-state index in [1.807, 2.05) is 12.1 Å². The first-order chi connectivity index (χ1) is 16.5. The van der Waals surface area contributed by atoms with Gasteiger partial charge in [0.1, 0.15) is 11.3 Å². The minimum atomic E-state index is -0.526. The quantitative estimate of drug-likeness (QED) is 0.474. The van der Waals surface area contributed by atoms with E-state index in [1.54, 1.807) is 12.1 Å². The maximum Gasteiger partial charge on any atom is 0.319 e. The lowest BCUT2D eigenvalue weighted by molar-refractivity contribution is 0.0928. The number of nitrogens with one attached hydrogen (secondary N) is 3. The van der Waals surface area contributed by atoms with Crippen molar-refractivity contribution in [3.63, 3.8) is 0 Å². The van der Waals surface area contributed by atoms with Crippen LogP contribution in [0.3, 0.4) is 0 Å². The third kappa shape index (κ3) is 3.59. The van der Waals surface area contributed by atoms with Crippen LogP contribution in [0.2, 0.25) is 5.02 Å². The van der Waals surface area contributed by atoms with E-state index >= 15 is 0 Å². The number of benzene rings is 2. The van der Waals surface area contributed by atoms with E-state index in [-0.39, 0.29) is 17.7 Å². The fourth-order valence-corrected chi connectivity index (χ4v) is 5.86. The zero-order chi connectivity index (χ0) is 23.3. The maximum atomic E-state index is 12.9. The average molecular weight is 480 g/mol. The Morgan fingerprint density at radius 2 is 2.00 bits per heavy atom. The van der Waals surface area contributed by atoms with Crippen LogP contribution in [-0.4, -0.2) is 25.1 Å². The molecular weight excluding hydrogens is 454 g/mol. The topological polar surface area (TPSA) is 92.6 Å². The zero-order valence-corrected chi connectivity index (χ0v) is 19.5. The molecule has 0 bridgehead atoms. The van der Waals surface area contributed by atoms with Crippen LogP contribution in [0.5, 0.6) is 5.75 Å². The molecule has 34 heavy (non-hydrogen) atoms. The first kappa shape index (κ1) is 21.4. The number of urea groups is 1. The van der Waals surface area contributed by atoms with Gasteiger partial charge < -0.3 is 25.1 Å². The van der Waals surface area contributed by atoms with Crippen molar-refractivity contribution < 1.29 is 18.7 Å². The molecular formula is C26H26ClN3O4. The Morgan fingerprint density at radius 3 is 2.85 bits per heavy atom. The molecule has 0 saturated heterocycles. The largest absolute Gasteiger partial charge is 0.493 e. The number of rotatable bonds is 4. The number of hydrogen-bond acceptors (Lipinski definition) is 4. The highest BCUT2D eigenvalue weighted by Crippen LogP contribution is 2.48. The monoisotopic (exact) mass is 479 g/mol. The first-order valence-corrected chi connectivity index (χ1v) is 12.3. The second-order valence-corrected chi connectivity index (χ2v) is 9.81. The number of anilines is 1. The Kier molecular flexibility index (Phi) is 5.17. The van der Waals surface area contributed by atoms with Gasteiger partial charge in [-0.25, -0.2) is 4.79 Å². The number of carbonyl (C=O) groups is 2. The van der Waals surface area contributed by atoms with Crippen molar-refractivity contribution in [2.75, 3.05) is 18.5 Å². The Balaban J connectivity index is 1.26. The SMILES string of the molecule is O=C1Nc2c(Cl)cc3cc(C(=O)NCCc4ccc5c(c4)CCO5)oc3c2C2(CCCCC2)N1. The smallest absolute Gasteiger partial charge is 0.319 e. The number of furan rings is 1. The molecule has 6 rings (SSSR count). The molecule has 8 heteroatoms. The number of amides is 3. The number of ether oxygens (including phenoxy) is 1. The van der Waals surface area contributed by atoms with Gasteiger partial charge in [0.15, 0.2) is 5.76 Å². The van der Waals surface area contributed by atoms with Crippen molar-refractivity contribution in [2.45, 2.75) is 50.5 Å². The number of halogens is 1. The van der Waals surface area contributed by atoms with Gasteiger partial charge in [-0.3, -0.25) is 4.79 Å². The van der Waals surface area contributed by atoms with Crippen molar-refractivity contribution in [1.82, 2.24) is 10.6 Å². The van der Waals surface area contributed by atoms with Gasteiger partial charge in [0.2, 0.25) is 0 Å². The molecule has 3 aliphatic rings. The molecule has 3 N–H and O–H groups in total. The van der Waals surface area contributed by atoms with E-state index < -0.39 is 5.54 Å². The third-order valence-electron chi connectivity index (χ3n) is 7.21. The van der Waals surface area contributed by atoms with Crippen molar-refractivity contribution in [2.24, 2.45) is 0 Å². The van der Waals surface area contributed by atoms with Gasteiger partial charge in [0.25, 0.3) is 5.91 Å². The van der Waals surface area contributed by atoms with Gasteiger partial charge in [0.05, 0.1) is 22.9 Å². The molecule has 0 radical (unpaired) electrons. The van der Waals surface area contributed by atoms with Crippen molar-refractivity contribution in [1.29, 1.82) is 0 Å². The lowest BCUT2D eigenvalue weighted by atomic mass is 9.74. The maximum absolute atomic E-state index is 12.9. The Bertz CT molecular complexity index is 1310. The summed E-state index contributed by atoms with van der Waals surface area (Å²) in [5, 5.41) is 10.2. The molecule has 176 valence electrons. The van der Waals surface area contributed by atoms with Crippen molar-refractivity contribution in [3.05, 3.63) is 57.8 Å². The van der Waals surface area contributed by atoms with E-state index in [1.165, 1.54) is 5.56 Å². The van der Waals surface area contributed by atoms with Crippen LogP contribution in [0.15, 0.2) is 34.7 Å². The molecule has 1 spiro atoms. The van der Waals surface area contributed by atoms with Crippen molar-refractivity contribution in [3.8, 4) is 5.75 Å². The van der Waals surface area contributed by atoms with E-state index in [4.69, 9.17) is 20.8 Å². The van der Waals surface area contributed by atoms with Crippen molar-refractivity contribution >= 4 is 40.2 Å². The summed E-state index contributed by atoms with van der Waals surface area (Å²) in [6.45, 7) is 1.23. The first-order valence-electron chi connectivity index (χ1n) is 11.9. The van der Waals surface area contributed by atoms with Crippen LogP contribution in [0.25, 0.3) is 11.0 Å². The van der Waals surface area contributed by atoms with Gasteiger partial charge in [-0.15, -0.1) is 0 Å². The lowest BCUT2D eigenvalue weighted by Crippen LogP contribution is -2.52. The molecule has 3 heterocycles. The average Bonchev–Trinajstić information content (AvgIpc) is 3.46. The predicted octanol–water partition coefficient (Wildman–Crippen LogP) is 5.29. The minimum Gasteiger partial charge on any atom is -0.493 e. The van der Waals surface area contributed by atoms with Crippen LogP contribution in [0.1, 0.15) is 59.3 Å². The van der Waals surface area contributed by atoms with E-state index in [0.29, 0.717) is 22.8 Å². The highest BCUT2D eigenvalue weighted by atomic mass is 35.5. The summed E-state index contributed by atoms with van der Waals surface area (Å²) in [7, 11) is 0. The molecule has 0 atom stereocenters. The summed E-state index contributed by atoms with van der Waals surface area (Å²) in [4.78, 5) is 25.3. The summed E-state index contributed by atoms with van der Waals surface area (Å²) in [5.41, 5.74) is 3.91. The minimum absolute atomic E-state index is 0.240.